The zero-order valence-corrected chi connectivity index (χ0v) is 11.7. The Morgan fingerprint density at radius 2 is 1.80 bits per heavy atom. The van der Waals surface area contributed by atoms with Gasteiger partial charge in [-0.3, -0.25) is 14.4 Å². The zero-order valence-electron chi connectivity index (χ0n) is 11.7. The lowest BCUT2D eigenvalue weighted by Crippen LogP contribution is -2.72. The van der Waals surface area contributed by atoms with Gasteiger partial charge < -0.3 is 4.74 Å². The Balaban J connectivity index is 2.22. The van der Waals surface area contributed by atoms with Crippen LogP contribution in [0.2, 0.25) is 0 Å². The maximum Gasteiger partial charge on any atom is 0.303 e. The van der Waals surface area contributed by atoms with E-state index < -0.39 is 22.9 Å². The summed E-state index contributed by atoms with van der Waals surface area (Å²) in [7, 11) is 0. The molecule has 1 saturated carbocycles. The van der Waals surface area contributed by atoms with Gasteiger partial charge in [-0.25, -0.2) is 0 Å². The van der Waals surface area contributed by atoms with E-state index in [0.717, 1.165) is 0 Å². The zero-order chi connectivity index (χ0) is 14.7. The van der Waals surface area contributed by atoms with E-state index in [0.29, 0.717) is 17.5 Å². The van der Waals surface area contributed by atoms with Crippen LogP contribution in [0.3, 0.4) is 0 Å². The molecule has 1 aromatic rings. The Kier molecular flexibility index (Phi) is 2.46. The average molecular weight is 272 g/mol. The number of fused-ring (bicyclic) bond motifs is 2. The van der Waals surface area contributed by atoms with Crippen molar-refractivity contribution in [3.05, 3.63) is 35.4 Å². The summed E-state index contributed by atoms with van der Waals surface area (Å²) >= 11 is 0. The predicted octanol–water partition coefficient (Wildman–Crippen LogP) is 2.41. The van der Waals surface area contributed by atoms with Crippen molar-refractivity contribution in [3.8, 4) is 0 Å². The normalized spacial score (nSPS) is 30.1. The number of carbonyl (C=O) groups excluding carboxylic acids is 3. The third kappa shape index (κ3) is 1.34. The lowest BCUT2D eigenvalue weighted by atomic mass is 9.46. The molecular weight excluding hydrogens is 256 g/mol. The highest BCUT2D eigenvalue weighted by atomic mass is 16.6. The average Bonchev–Trinajstić information content (AvgIpc) is 2.39. The van der Waals surface area contributed by atoms with Crippen LogP contribution >= 0.6 is 0 Å². The SMILES string of the molecule is CC(=O)O[C@]12C(=O)c3ccccc3C(=O)[C@H]1CC2(C)C. The number of carbonyl (C=O) groups is 3. The predicted molar refractivity (Wildman–Crippen MR) is 71.5 cm³/mol. The summed E-state index contributed by atoms with van der Waals surface area (Å²) in [6.45, 7) is 5.01. The van der Waals surface area contributed by atoms with E-state index in [-0.39, 0.29) is 11.6 Å². The number of esters is 1. The Bertz CT molecular complexity index is 644. The third-order valence-corrected chi connectivity index (χ3v) is 4.61. The number of ether oxygens (including phenoxy) is 1. The molecule has 0 aliphatic heterocycles. The molecule has 0 N–H and O–H groups in total. The van der Waals surface area contributed by atoms with Gasteiger partial charge in [-0.1, -0.05) is 38.1 Å². The fraction of sp³-hybridized carbons (Fsp3) is 0.438. The third-order valence-electron chi connectivity index (χ3n) is 4.61. The summed E-state index contributed by atoms with van der Waals surface area (Å²) in [4.78, 5) is 36.9. The van der Waals surface area contributed by atoms with Crippen LogP contribution in [0.15, 0.2) is 24.3 Å². The smallest absolute Gasteiger partial charge is 0.303 e. The second kappa shape index (κ2) is 3.78. The Morgan fingerprint density at radius 1 is 1.20 bits per heavy atom. The molecule has 0 unspecified atom stereocenters. The fourth-order valence-electron chi connectivity index (χ4n) is 3.66. The van der Waals surface area contributed by atoms with Crippen molar-refractivity contribution in [1.82, 2.24) is 0 Å². The molecule has 20 heavy (non-hydrogen) atoms. The molecule has 0 amide bonds. The van der Waals surface area contributed by atoms with Crippen molar-refractivity contribution >= 4 is 17.5 Å². The van der Waals surface area contributed by atoms with Crippen LogP contribution in [0, 0.1) is 11.3 Å². The van der Waals surface area contributed by atoms with E-state index in [1.807, 2.05) is 13.8 Å². The molecule has 3 rings (SSSR count). The maximum atomic E-state index is 12.9. The molecule has 104 valence electrons. The minimum Gasteiger partial charge on any atom is -0.449 e. The van der Waals surface area contributed by atoms with E-state index in [4.69, 9.17) is 4.74 Å². The molecule has 0 aromatic heterocycles. The van der Waals surface area contributed by atoms with Gasteiger partial charge in [-0.05, 0) is 6.42 Å². The van der Waals surface area contributed by atoms with Gasteiger partial charge in [0.15, 0.2) is 11.4 Å². The molecule has 1 aromatic carbocycles. The van der Waals surface area contributed by atoms with Crippen LogP contribution in [0.25, 0.3) is 0 Å². The highest BCUT2D eigenvalue weighted by molar-refractivity contribution is 6.21. The summed E-state index contributed by atoms with van der Waals surface area (Å²) in [6.07, 6.45) is 0.555. The number of hydrogen-bond acceptors (Lipinski definition) is 4. The van der Waals surface area contributed by atoms with Crippen molar-refractivity contribution < 1.29 is 19.1 Å². The van der Waals surface area contributed by atoms with Crippen molar-refractivity contribution in [1.29, 1.82) is 0 Å². The molecule has 0 bridgehead atoms. The molecule has 2 aliphatic carbocycles. The van der Waals surface area contributed by atoms with E-state index in [9.17, 15) is 14.4 Å². The van der Waals surface area contributed by atoms with Gasteiger partial charge in [0.1, 0.15) is 0 Å². The quantitative estimate of drug-likeness (QED) is 0.737. The van der Waals surface area contributed by atoms with Crippen LogP contribution in [0.4, 0.5) is 0 Å². The van der Waals surface area contributed by atoms with Gasteiger partial charge >= 0.3 is 5.97 Å². The minimum atomic E-state index is -1.33. The highest BCUT2D eigenvalue weighted by Crippen LogP contribution is 2.60. The first-order valence-corrected chi connectivity index (χ1v) is 6.69. The number of ketones is 2. The van der Waals surface area contributed by atoms with Crippen LogP contribution in [0.1, 0.15) is 47.9 Å². The molecule has 2 atom stereocenters. The van der Waals surface area contributed by atoms with E-state index in [2.05, 4.69) is 0 Å². The minimum absolute atomic E-state index is 0.0965. The van der Waals surface area contributed by atoms with Gasteiger partial charge in [-0.15, -0.1) is 0 Å². The van der Waals surface area contributed by atoms with E-state index in [1.54, 1.807) is 24.3 Å². The van der Waals surface area contributed by atoms with Gasteiger partial charge in [0.2, 0.25) is 5.78 Å². The molecule has 4 nitrogen and oxygen atoms in total. The number of rotatable bonds is 1. The second-order valence-corrected chi connectivity index (χ2v) is 6.21. The molecular formula is C16H16O4. The van der Waals surface area contributed by atoms with Crippen molar-refractivity contribution in [2.75, 3.05) is 0 Å². The molecule has 0 radical (unpaired) electrons. The summed E-state index contributed by atoms with van der Waals surface area (Å²) in [5.74, 6) is -1.42. The van der Waals surface area contributed by atoms with Crippen molar-refractivity contribution in [2.45, 2.75) is 32.8 Å². The molecule has 4 heteroatoms. The summed E-state index contributed by atoms with van der Waals surface area (Å²) in [6, 6.07) is 6.76. The van der Waals surface area contributed by atoms with Crippen molar-refractivity contribution in [2.24, 2.45) is 11.3 Å². The Labute approximate surface area is 117 Å². The van der Waals surface area contributed by atoms with E-state index in [1.165, 1.54) is 6.92 Å². The molecule has 0 heterocycles. The number of hydrogen-bond donors (Lipinski definition) is 0. The van der Waals surface area contributed by atoms with Gasteiger partial charge in [0.05, 0.1) is 5.92 Å². The number of Topliss-reactive ketones (excluding diaryl/α,β-unsaturated/α-hetero) is 2. The largest absolute Gasteiger partial charge is 0.449 e. The summed E-state index contributed by atoms with van der Waals surface area (Å²) in [5, 5.41) is 0. The van der Waals surface area contributed by atoms with Crippen LogP contribution in [0.5, 0.6) is 0 Å². The lowest BCUT2D eigenvalue weighted by Gasteiger charge is -2.59. The second-order valence-electron chi connectivity index (χ2n) is 6.21. The molecule has 2 aliphatic rings. The monoisotopic (exact) mass is 272 g/mol. The highest BCUT2D eigenvalue weighted by Gasteiger charge is 2.72. The first kappa shape index (κ1) is 13.0. The molecule has 1 fully saturated rings. The Morgan fingerprint density at radius 3 is 2.35 bits per heavy atom. The lowest BCUT2D eigenvalue weighted by molar-refractivity contribution is -0.196. The van der Waals surface area contributed by atoms with Crippen LogP contribution in [-0.2, 0) is 9.53 Å². The first-order chi connectivity index (χ1) is 9.31. The fourth-order valence-corrected chi connectivity index (χ4v) is 3.66. The van der Waals surface area contributed by atoms with Crippen LogP contribution in [-0.4, -0.2) is 23.1 Å². The van der Waals surface area contributed by atoms with Gasteiger partial charge in [0.25, 0.3) is 0 Å². The molecule has 0 saturated heterocycles. The van der Waals surface area contributed by atoms with Crippen LogP contribution < -0.4 is 0 Å². The summed E-state index contributed by atoms with van der Waals surface area (Å²) < 4.78 is 5.42. The van der Waals surface area contributed by atoms with Gasteiger partial charge in [-0.2, -0.15) is 0 Å². The summed E-state index contributed by atoms with van der Waals surface area (Å²) in [5.41, 5.74) is -1.04. The number of benzene rings is 1. The van der Waals surface area contributed by atoms with Gasteiger partial charge in [0, 0.05) is 23.5 Å². The van der Waals surface area contributed by atoms with Crippen molar-refractivity contribution in [3.63, 3.8) is 0 Å². The standard InChI is InChI=1S/C16H16O4/c1-9(17)20-16-12(8-15(16,2)3)13(18)10-6-4-5-7-11(10)14(16)19/h4-7,12H,8H2,1-3H3/t12-,16+/m1/s1. The topological polar surface area (TPSA) is 60.4 Å². The first-order valence-electron chi connectivity index (χ1n) is 6.69. The maximum absolute atomic E-state index is 12.9. The Hall–Kier alpha value is -1.97. The van der Waals surface area contributed by atoms with E-state index >= 15 is 0 Å². The molecule has 0 spiro atoms.